The minimum Gasteiger partial charge on any atom is -0.497 e. The SMILES string of the molecule is CCOC12c3c(OC)cc(OC)cc3OC1(c1ccc(OC)cc1)C(c1ccccc1)CC2O. The number of hydrogen-bond donors (Lipinski definition) is 1. The minimum absolute atomic E-state index is 0.188. The molecule has 3 aromatic carbocycles. The van der Waals surface area contributed by atoms with Crippen molar-refractivity contribution in [2.24, 2.45) is 0 Å². The molecule has 4 unspecified atom stereocenters. The molecule has 3 aromatic rings. The van der Waals surface area contributed by atoms with Gasteiger partial charge < -0.3 is 28.8 Å². The van der Waals surface area contributed by atoms with E-state index in [2.05, 4.69) is 12.1 Å². The summed E-state index contributed by atoms with van der Waals surface area (Å²) in [7, 11) is 4.86. The van der Waals surface area contributed by atoms with Crippen LogP contribution in [0.5, 0.6) is 23.0 Å². The Morgan fingerprint density at radius 1 is 0.912 bits per heavy atom. The summed E-state index contributed by atoms with van der Waals surface area (Å²) < 4.78 is 30.3. The second-order valence-electron chi connectivity index (χ2n) is 8.65. The topological polar surface area (TPSA) is 66.4 Å². The third-order valence-corrected chi connectivity index (χ3v) is 7.20. The van der Waals surface area contributed by atoms with Crippen molar-refractivity contribution in [2.45, 2.75) is 36.6 Å². The minimum atomic E-state index is -1.19. The molecule has 0 bridgehead atoms. The Bertz CT molecular complexity index is 1160. The summed E-state index contributed by atoms with van der Waals surface area (Å²) in [5, 5.41) is 11.8. The van der Waals surface area contributed by atoms with Crippen molar-refractivity contribution in [1.29, 1.82) is 0 Å². The van der Waals surface area contributed by atoms with Crippen molar-refractivity contribution in [3.8, 4) is 23.0 Å². The monoisotopic (exact) mass is 462 g/mol. The third-order valence-electron chi connectivity index (χ3n) is 7.20. The van der Waals surface area contributed by atoms with Crippen molar-refractivity contribution in [2.75, 3.05) is 27.9 Å². The number of fused-ring (bicyclic) bond motifs is 3. The molecule has 2 aliphatic rings. The van der Waals surface area contributed by atoms with Crippen LogP contribution in [-0.2, 0) is 15.9 Å². The van der Waals surface area contributed by atoms with E-state index in [0.717, 1.165) is 16.9 Å². The first-order chi connectivity index (χ1) is 16.5. The average molecular weight is 463 g/mol. The predicted molar refractivity (Wildman–Crippen MR) is 128 cm³/mol. The Kier molecular flexibility index (Phi) is 5.66. The van der Waals surface area contributed by atoms with Gasteiger partial charge in [0, 0.05) is 24.7 Å². The number of methoxy groups -OCH3 is 3. The summed E-state index contributed by atoms with van der Waals surface area (Å²) in [6.45, 7) is 2.32. The molecule has 0 saturated heterocycles. The van der Waals surface area contributed by atoms with E-state index in [4.69, 9.17) is 23.7 Å². The number of hydrogen-bond acceptors (Lipinski definition) is 6. The van der Waals surface area contributed by atoms with Gasteiger partial charge in [-0.1, -0.05) is 42.5 Å². The van der Waals surface area contributed by atoms with Crippen LogP contribution in [0, 0.1) is 0 Å². The van der Waals surface area contributed by atoms with Gasteiger partial charge in [-0.05, 0) is 36.6 Å². The Balaban J connectivity index is 1.85. The van der Waals surface area contributed by atoms with Gasteiger partial charge in [-0.25, -0.2) is 0 Å². The van der Waals surface area contributed by atoms with Crippen LogP contribution < -0.4 is 18.9 Å². The number of aliphatic hydroxyl groups is 1. The molecule has 1 N–H and O–H groups in total. The van der Waals surface area contributed by atoms with Crippen molar-refractivity contribution in [3.05, 3.63) is 83.4 Å². The average Bonchev–Trinajstić information content (AvgIpc) is 3.31. The highest BCUT2D eigenvalue weighted by Gasteiger charge is 2.74. The smallest absolute Gasteiger partial charge is 0.177 e. The first-order valence-electron chi connectivity index (χ1n) is 11.5. The van der Waals surface area contributed by atoms with Crippen molar-refractivity contribution in [1.82, 2.24) is 0 Å². The first kappa shape index (κ1) is 22.6. The van der Waals surface area contributed by atoms with Gasteiger partial charge in [0.05, 0.1) is 33.0 Å². The van der Waals surface area contributed by atoms with Gasteiger partial charge in [0.25, 0.3) is 0 Å². The molecule has 4 atom stereocenters. The van der Waals surface area contributed by atoms with Crippen molar-refractivity contribution >= 4 is 0 Å². The highest BCUT2D eigenvalue weighted by Crippen LogP contribution is 2.70. The Hall–Kier alpha value is -3.22. The lowest BCUT2D eigenvalue weighted by molar-refractivity contribution is -0.184. The molecule has 178 valence electrons. The van der Waals surface area contributed by atoms with Crippen LogP contribution in [0.25, 0.3) is 0 Å². The second-order valence-corrected chi connectivity index (χ2v) is 8.65. The van der Waals surface area contributed by atoms with E-state index in [1.807, 2.05) is 61.5 Å². The van der Waals surface area contributed by atoms with Crippen molar-refractivity contribution < 1.29 is 28.8 Å². The van der Waals surface area contributed by atoms with Gasteiger partial charge in [0.2, 0.25) is 0 Å². The van der Waals surface area contributed by atoms with E-state index in [9.17, 15) is 5.11 Å². The van der Waals surface area contributed by atoms with Gasteiger partial charge in [-0.3, -0.25) is 0 Å². The summed E-state index contributed by atoms with van der Waals surface area (Å²) in [6.07, 6.45) is -0.381. The lowest BCUT2D eigenvalue weighted by atomic mass is 9.71. The molecule has 1 heterocycles. The summed E-state index contributed by atoms with van der Waals surface area (Å²) in [6, 6.07) is 21.6. The molecule has 1 saturated carbocycles. The number of ether oxygens (including phenoxy) is 5. The fraction of sp³-hybridized carbons (Fsp3) is 0.357. The Labute approximate surface area is 200 Å². The van der Waals surface area contributed by atoms with E-state index < -0.39 is 17.3 Å². The lowest BCUT2D eigenvalue weighted by Gasteiger charge is -2.43. The zero-order valence-corrected chi connectivity index (χ0v) is 19.9. The summed E-state index contributed by atoms with van der Waals surface area (Å²) in [5.74, 6) is 2.31. The molecule has 0 radical (unpaired) electrons. The van der Waals surface area contributed by atoms with E-state index in [1.165, 1.54) is 0 Å². The maximum Gasteiger partial charge on any atom is 0.177 e. The molecule has 1 fully saturated rings. The van der Waals surface area contributed by atoms with E-state index in [1.54, 1.807) is 21.3 Å². The van der Waals surface area contributed by atoms with E-state index in [0.29, 0.717) is 35.8 Å². The fourth-order valence-electron chi connectivity index (χ4n) is 5.90. The fourth-order valence-corrected chi connectivity index (χ4v) is 5.90. The summed E-state index contributed by atoms with van der Waals surface area (Å²) in [4.78, 5) is 0. The molecule has 0 spiro atoms. The molecular formula is C28H30O6. The van der Waals surface area contributed by atoms with Crippen LogP contribution in [0.3, 0.4) is 0 Å². The van der Waals surface area contributed by atoms with Crippen LogP contribution in [0.1, 0.15) is 36.0 Å². The molecule has 1 aliphatic heterocycles. The molecule has 0 aromatic heterocycles. The maximum atomic E-state index is 11.8. The second kappa shape index (κ2) is 8.53. The Morgan fingerprint density at radius 3 is 2.24 bits per heavy atom. The van der Waals surface area contributed by atoms with Gasteiger partial charge in [-0.15, -0.1) is 0 Å². The largest absolute Gasteiger partial charge is 0.497 e. The van der Waals surface area contributed by atoms with Crippen LogP contribution in [0.2, 0.25) is 0 Å². The quantitative estimate of drug-likeness (QED) is 0.545. The normalized spacial score (nSPS) is 27.0. The van der Waals surface area contributed by atoms with Gasteiger partial charge in [0.15, 0.2) is 11.2 Å². The highest BCUT2D eigenvalue weighted by molar-refractivity contribution is 5.62. The zero-order valence-electron chi connectivity index (χ0n) is 19.9. The van der Waals surface area contributed by atoms with Crippen LogP contribution >= 0.6 is 0 Å². The number of aliphatic hydroxyl groups excluding tert-OH is 1. The Morgan fingerprint density at radius 2 is 1.62 bits per heavy atom. The molecule has 1 aliphatic carbocycles. The predicted octanol–water partition coefficient (Wildman–Crippen LogP) is 4.78. The molecule has 0 amide bonds. The molecule has 5 rings (SSSR count). The number of rotatable bonds is 7. The first-order valence-corrected chi connectivity index (χ1v) is 11.5. The van der Waals surface area contributed by atoms with Crippen molar-refractivity contribution in [3.63, 3.8) is 0 Å². The van der Waals surface area contributed by atoms with E-state index >= 15 is 0 Å². The van der Waals surface area contributed by atoms with Gasteiger partial charge in [-0.2, -0.15) is 0 Å². The molecule has 6 nitrogen and oxygen atoms in total. The molecule has 6 heteroatoms. The number of benzene rings is 3. The lowest BCUT2D eigenvalue weighted by Crippen LogP contribution is -2.53. The van der Waals surface area contributed by atoms with Crippen LogP contribution in [0.15, 0.2) is 66.7 Å². The highest BCUT2D eigenvalue weighted by atomic mass is 16.6. The maximum absolute atomic E-state index is 11.8. The van der Waals surface area contributed by atoms with Gasteiger partial charge >= 0.3 is 0 Å². The standard InChI is InChI=1S/C28H30O6/c1-5-33-28-25(29)17-22(18-9-7-6-8-10-18)27(28,19-11-13-20(30-2)14-12-19)34-24-16-21(31-3)15-23(32-4)26(24)28/h6-16,22,25,29H,5,17H2,1-4H3. The molecular weight excluding hydrogens is 432 g/mol. The molecule has 34 heavy (non-hydrogen) atoms. The summed E-state index contributed by atoms with van der Waals surface area (Å²) in [5.41, 5.74) is 0.434. The van der Waals surface area contributed by atoms with Crippen LogP contribution in [0.4, 0.5) is 0 Å². The third kappa shape index (κ3) is 2.95. The zero-order chi connectivity index (χ0) is 23.9. The summed E-state index contributed by atoms with van der Waals surface area (Å²) >= 11 is 0. The van der Waals surface area contributed by atoms with E-state index in [-0.39, 0.29) is 5.92 Å². The van der Waals surface area contributed by atoms with Gasteiger partial charge in [0.1, 0.15) is 23.0 Å². The van der Waals surface area contributed by atoms with Crippen LogP contribution in [-0.4, -0.2) is 39.1 Å².